The van der Waals surface area contributed by atoms with Crippen molar-refractivity contribution in [1.29, 1.82) is 0 Å². The quantitative estimate of drug-likeness (QED) is 0.859. The van der Waals surface area contributed by atoms with Crippen LogP contribution >= 0.6 is 0 Å². The normalized spacial score (nSPS) is 13.6. The maximum Gasteiger partial charge on any atom is 0.304 e. The van der Waals surface area contributed by atoms with Crippen LogP contribution in [0.2, 0.25) is 0 Å². The van der Waals surface area contributed by atoms with Gasteiger partial charge in [0.25, 0.3) is 0 Å². The highest BCUT2D eigenvalue weighted by Crippen LogP contribution is 2.17. The van der Waals surface area contributed by atoms with Gasteiger partial charge in [0, 0.05) is 13.1 Å². The minimum Gasteiger partial charge on any atom is -0.481 e. The first-order valence-electron chi connectivity index (χ1n) is 5.10. The van der Waals surface area contributed by atoms with E-state index < -0.39 is 22.0 Å². The highest BCUT2D eigenvalue weighted by atomic mass is 32.2. The molecule has 0 amide bonds. The van der Waals surface area contributed by atoms with Gasteiger partial charge in [0.05, 0.1) is 11.3 Å². The molecule has 0 aromatic heterocycles. The second-order valence-corrected chi connectivity index (χ2v) is 5.78. The number of hydrogen-bond acceptors (Lipinski definition) is 3. The molecule has 6 heteroatoms. The average molecular weight is 257 g/mol. The van der Waals surface area contributed by atoms with E-state index in [0.717, 1.165) is 4.31 Å². The predicted molar refractivity (Wildman–Crippen MR) is 63.1 cm³/mol. The monoisotopic (exact) mass is 257 g/mol. The molecule has 0 heterocycles. The van der Waals surface area contributed by atoms with E-state index >= 15 is 0 Å². The van der Waals surface area contributed by atoms with E-state index in [1.54, 1.807) is 25.1 Å². The molecule has 1 N–H and O–H groups in total. The number of rotatable bonds is 5. The lowest BCUT2D eigenvalue weighted by Crippen LogP contribution is -2.36. The highest BCUT2D eigenvalue weighted by molar-refractivity contribution is 7.89. The van der Waals surface area contributed by atoms with E-state index in [9.17, 15) is 13.2 Å². The lowest BCUT2D eigenvalue weighted by atomic mass is 10.2. The van der Waals surface area contributed by atoms with E-state index in [2.05, 4.69) is 0 Å². The first-order chi connectivity index (χ1) is 7.85. The van der Waals surface area contributed by atoms with Gasteiger partial charge in [-0.25, -0.2) is 8.42 Å². The van der Waals surface area contributed by atoms with Gasteiger partial charge in [-0.3, -0.25) is 4.79 Å². The van der Waals surface area contributed by atoms with Gasteiger partial charge in [-0.05, 0) is 19.1 Å². The van der Waals surface area contributed by atoms with Crippen molar-refractivity contribution in [1.82, 2.24) is 4.31 Å². The van der Waals surface area contributed by atoms with Crippen LogP contribution in [0.3, 0.4) is 0 Å². The molecular formula is C11H15NO4S. The first kappa shape index (κ1) is 13.7. The minimum absolute atomic E-state index is 0.166. The summed E-state index contributed by atoms with van der Waals surface area (Å²) < 4.78 is 25.3. The molecule has 0 aliphatic rings. The van der Waals surface area contributed by atoms with Crippen LogP contribution in [0.5, 0.6) is 0 Å². The Morgan fingerprint density at radius 1 is 1.35 bits per heavy atom. The summed E-state index contributed by atoms with van der Waals surface area (Å²) in [5, 5.41) is 8.65. The summed E-state index contributed by atoms with van der Waals surface area (Å²) in [5.41, 5.74) is 0. The molecular weight excluding hydrogens is 242 g/mol. The molecule has 0 saturated heterocycles. The maximum atomic E-state index is 12.1. The van der Waals surface area contributed by atoms with Crippen molar-refractivity contribution in [3.8, 4) is 0 Å². The lowest BCUT2D eigenvalue weighted by Gasteiger charge is -2.22. The molecule has 0 aliphatic carbocycles. The summed E-state index contributed by atoms with van der Waals surface area (Å²) in [6.07, 6.45) is -0.220. The van der Waals surface area contributed by atoms with Crippen LogP contribution in [0.1, 0.15) is 13.3 Å². The minimum atomic E-state index is -3.61. The second-order valence-electron chi connectivity index (χ2n) is 3.78. The van der Waals surface area contributed by atoms with E-state index in [-0.39, 0.29) is 11.3 Å². The molecule has 5 nitrogen and oxygen atoms in total. The van der Waals surface area contributed by atoms with Crippen LogP contribution in [0, 0.1) is 0 Å². The zero-order chi connectivity index (χ0) is 13.1. The van der Waals surface area contributed by atoms with E-state index in [1.165, 1.54) is 19.2 Å². The van der Waals surface area contributed by atoms with Gasteiger partial charge >= 0.3 is 5.97 Å². The van der Waals surface area contributed by atoms with Crippen molar-refractivity contribution in [2.45, 2.75) is 24.3 Å². The molecule has 17 heavy (non-hydrogen) atoms. The molecule has 94 valence electrons. The van der Waals surface area contributed by atoms with Gasteiger partial charge in [0.1, 0.15) is 0 Å². The summed E-state index contributed by atoms with van der Waals surface area (Å²) in [6.45, 7) is 1.56. The smallest absolute Gasteiger partial charge is 0.304 e. The molecule has 1 aromatic rings. The molecule has 0 radical (unpaired) electrons. The Morgan fingerprint density at radius 2 is 1.88 bits per heavy atom. The maximum absolute atomic E-state index is 12.1. The molecule has 1 rings (SSSR count). The third-order valence-corrected chi connectivity index (χ3v) is 4.50. The predicted octanol–water partition coefficient (Wildman–Crippen LogP) is 1.17. The fraction of sp³-hybridized carbons (Fsp3) is 0.364. The van der Waals surface area contributed by atoms with Crippen LogP contribution in [0.25, 0.3) is 0 Å². The molecule has 0 saturated carbocycles. The zero-order valence-electron chi connectivity index (χ0n) is 9.70. The van der Waals surface area contributed by atoms with Gasteiger partial charge in [-0.15, -0.1) is 0 Å². The molecule has 1 atom stereocenters. The van der Waals surface area contributed by atoms with Gasteiger partial charge in [-0.2, -0.15) is 4.31 Å². The lowest BCUT2D eigenvalue weighted by molar-refractivity contribution is -0.137. The number of carbonyl (C=O) groups is 1. The van der Waals surface area contributed by atoms with Gasteiger partial charge < -0.3 is 5.11 Å². The zero-order valence-corrected chi connectivity index (χ0v) is 10.5. The molecule has 1 aromatic carbocycles. The Kier molecular flexibility index (Phi) is 4.25. The number of benzene rings is 1. The van der Waals surface area contributed by atoms with Crippen molar-refractivity contribution in [2.75, 3.05) is 7.05 Å². The Hall–Kier alpha value is -1.40. The summed E-state index contributed by atoms with van der Waals surface area (Å²) >= 11 is 0. The van der Waals surface area contributed by atoms with E-state index in [4.69, 9.17) is 5.11 Å². The SMILES string of the molecule is CC(CC(=O)O)N(C)S(=O)(=O)c1ccccc1. The topological polar surface area (TPSA) is 74.7 Å². The van der Waals surface area contributed by atoms with Crippen LogP contribution in [0.15, 0.2) is 35.2 Å². The number of sulfonamides is 1. The number of carboxylic acid groups (broad SMARTS) is 1. The third kappa shape index (κ3) is 3.28. The number of hydrogen-bond donors (Lipinski definition) is 1. The summed E-state index contributed by atoms with van der Waals surface area (Å²) in [6, 6.07) is 7.36. The summed E-state index contributed by atoms with van der Waals surface area (Å²) in [5.74, 6) is -1.02. The van der Waals surface area contributed by atoms with E-state index in [1.807, 2.05) is 0 Å². The fourth-order valence-corrected chi connectivity index (χ4v) is 2.76. The molecule has 0 bridgehead atoms. The number of nitrogens with zero attached hydrogens (tertiary/aromatic N) is 1. The van der Waals surface area contributed by atoms with Crippen molar-refractivity contribution < 1.29 is 18.3 Å². The van der Waals surface area contributed by atoms with Crippen LogP contribution < -0.4 is 0 Å². The molecule has 0 fully saturated rings. The molecule has 1 unspecified atom stereocenters. The second kappa shape index (κ2) is 5.29. The summed E-state index contributed by atoms with van der Waals surface area (Å²) in [4.78, 5) is 10.7. The van der Waals surface area contributed by atoms with Crippen LogP contribution in [-0.2, 0) is 14.8 Å². The highest BCUT2D eigenvalue weighted by Gasteiger charge is 2.26. The largest absolute Gasteiger partial charge is 0.481 e. The first-order valence-corrected chi connectivity index (χ1v) is 6.54. The molecule has 0 spiro atoms. The van der Waals surface area contributed by atoms with Crippen molar-refractivity contribution in [2.24, 2.45) is 0 Å². The van der Waals surface area contributed by atoms with Crippen molar-refractivity contribution >= 4 is 16.0 Å². The third-order valence-electron chi connectivity index (χ3n) is 2.51. The average Bonchev–Trinajstić information content (AvgIpc) is 2.28. The van der Waals surface area contributed by atoms with Crippen molar-refractivity contribution in [3.05, 3.63) is 30.3 Å². The number of aliphatic carboxylic acids is 1. The molecule has 0 aliphatic heterocycles. The Morgan fingerprint density at radius 3 is 2.35 bits per heavy atom. The van der Waals surface area contributed by atoms with E-state index in [0.29, 0.717) is 0 Å². The van der Waals surface area contributed by atoms with Crippen LogP contribution in [-0.4, -0.2) is 36.9 Å². The standard InChI is InChI=1S/C11H15NO4S/c1-9(8-11(13)14)12(2)17(15,16)10-6-4-3-5-7-10/h3-7,9H,8H2,1-2H3,(H,13,14). The Bertz CT molecular complexity index is 483. The Balaban J connectivity index is 2.95. The fourth-order valence-electron chi connectivity index (χ4n) is 1.38. The van der Waals surface area contributed by atoms with Crippen molar-refractivity contribution in [3.63, 3.8) is 0 Å². The summed E-state index contributed by atoms with van der Waals surface area (Å²) in [7, 11) is -2.23. The van der Waals surface area contributed by atoms with Crippen LogP contribution in [0.4, 0.5) is 0 Å². The van der Waals surface area contributed by atoms with Gasteiger partial charge in [0.15, 0.2) is 0 Å². The number of carboxylic acids is 1. The Labute approximate surface area is 101 Å². The van der Waals surface area contributed by atoms with Gasteiger partial charge in [0.2, 0.25) is 10.0 Å². The van der Waals surface area contributed by atoms with Gasteiger partial charge in [-0.1, -0.05) is 18.2 Å².